The number of amides is 2. The Morgan fingerprint density at radius 2 is 1.38 bits per heavy atom. The molecule has 0 unspecified atom stereocenters. The molecule has 0 fully saturated rings. The Morgan fingerprint density at radius 1 is 0.808 bits per heavy atom. The highest BCUT2D eigenvalue weighted by molar-refractivity contribution is 6.45. The summed E-state index contributed by atoms with van der Waals surface area (Å²) in [4.78, 5) is 26.8. The van der Waals surface area contributed by atoms with Gasteiger partial charge in [0.1, 0.15) is 0 Å². The van der Waals surface area contributed by atoms with Crippen molar-refractivity contribution in [3.05, 3.63) is 95.5 Å². The van der Waals surface area contributed by atoms with Crippen molar-refractivity contribution < 1.29 is 9.59 Å². The lowest BCUT2D eigenvalue weighted by Crippen LogP contribution is -2.39. The maximum Gasteiger partial charge on any atom is 0.316 e. The summed E-state index contributed by atoms with van der Waals surface area (Å²) in [5.74, 6) is -1.39. The van der Waals surface area contributed by atoms with Crippen molar-refractivity contribution in [2.75, 3.05) is 10.2 Å². The molecular weight excluding hydrogens is 348 g/mol. The molecule has 26 heavy (non-hydrogen) atoms. The SMILES string of the molecule is O=C(Nc1ccccc1Cl)C(=O)N(Cc1ccccc1)c1ccccc1. The van der Waals surface area contributed by atoms with Crippen molar-refractivity contribution in [3.63, 3.8) is 0 Å². The molecule has 0 heterocycles. The molecule has 0 radical (unpaired) electrons. The molecule has 4 nitrogen and oxygen atoms in total. The summed E-state index contributed by atoms with van der Waals surface area (Å²) >= 11 is 6.06. The smallest absolute Gasteiger partial charge is 0.316 e. The first-order valence-corrected chi connectivity index (χ1v) is 8.49. The number of hydrogen-bond acceptors (Lipinski definition) is 2. The van der Waals surface area contributed by atoms with Gasteiger partial charge in [0, 0.05) is 5.69 Å². The molecule has 130 valence electrons. The van der Waals surface area contributed by atoms with Crippen LogP contribution in [0.15, 0.2) is 84.9 Å². The highest BCUT2D eigenvalue weighted by atomic mass is 35.5. The third-order valence-corrected chi connectivity index (χ3v) is 4.14. The van der Waals surface area contributed by atoms with E-state index < -0.39 is 11.8 Å². The first-order chi connectivity index (χ1) is 12.6. The van der Waals surface area contributed by atoms with Gasteiger partial charge in [-0.1, -0.05) is 72.3 Å². The van der Waals surface area contributed by atoms with Gasteiger partial charge < -0.3 is 5.32 Å². The molecule has 2 amide bonds. The first-order valence-electron chi connectivity index (χ1n) is 8.11. The second-order valence-corrected chi connectivity index (χ2v) is 6.05. The Bertz CT molecular complexity index is 898. The quantitative estimate of drug-likeness (QED) is 0.692. The summed E-state index contributed by atoms with van der Waals surface area (Å²) in [6.45, 7) is 0.291. The zero-order valence-corrected chi connectivity index (χ0v) is 14.7. The van der Waals surface area contributed by atoms with Crippen molar-refractivity contribution in [1.82, 2.24) is 0 Å². The number of anilines is 2. The normalized spacial score (nSPS) is 10.2. The van der Waals surface area contributed by atoms with Crippen molar-refractivity contribution in [2.24, 2.45) is 0 Å². The largest absolute Gasteiger partial charge is 0.316 e. The highest BCUT2D eigenvalue weighted by Gasteiger charge is 2.24. The summed E-state index contributed by atoms with van der Waals surface area (Å²) in [6.07, 6.45) is 0. The number of nitrogens with zero attached hydrogens (tertiary/aromatic N) is 1. The van der Waals surface area contributed by atoms with Gasteiger partial charge in [0.05, 0.1) is 17.3 Å². The van der Waals surface area contributed by atoms with E-state index in [0.29, 0.717) is 22.9 Å². The summed E-state index contributed by atoms with van der Waals surface area (Å²) in [6, 6.07) is 25.4. The van der Waals surface area contributed by atoms with Crippen LogP contribution in [0.25, 0.3) is 0 Å². The van der Waals surface area contributed by atoms with Crippen LogP contribution in [-0.4, -0.2) is 11.8 Å². The Labute approximate surface area is 157 Å². The topological polar surface area (TPSA) is 49.4 Å². The van der Waals surface area contributed by atoms with Crippen molar-refractivity contribution >= 4 is 34.8 Å². The van der Waals surface area contributed by atoms with E-state index in [9.17, 15) is 9.59 Å². The predicted octanol–water partition coefficient (Wildman–Crippen LogP) is 4.51. The molecule has 3 rings (SSSR count). The van der Waals surface area contributed by atoms with Gasteiger partial charge in [-0.05, 0) is 29.8 Å². The predicted molar refractivity (Wildman–Crippen MR) is 104 cm³/mol. The molecule has 0 saturated carbocycles. The maximum absolute atomic E-state index is 12.8. The molecule has 0 aliphatic heterocycles. The lowest BCUT2D eigenvalue weighted by molar-refractivity contribution is -0.134. The van der Waals surface area contributed by atoms with Crippen LogP contribution in [0.1, 0.15) is 5.56 Å². The summed E-state index contributed by atoms with van der Waals surface area (Å²) in [5, 5.41) is 2.96. The van der Waals surface area contributed by atoms with Gasteiger partial charge in [-0.3, -0.25) is 14.5 Å². The van der Waals surface area contributed by atoms with Crippen LogP contribution in [0.4, 0.5) is 11.4 Å². The molecule has 0 aliphatic carbocycles. The standard InChI is InChI=1S/C21H17ClN2O2/c22-18-13-7-8-14-19(18)23-20(25)21(26)24(17-11-5-2-6-12-17)15-16-9-3-1-4-10-16/h1-14H,15H2,(H,23,25). The Hall–Kier alpha value is -3.11. The van der Waals surface area contributed by atoms with E-state index in [2.05, 4.69) is 5.32 Å². The number of benzene rings is 3. The molecule has 0 atom stereocenters. The second kappa shape index (κ2) is 8.32. The maximum atomic E-state index is 12.8. The Morgan fingerprint density at radius 3 is 2.04 bits per heavy atom. The third-order valence-electron chi connectivity index (χ3n) is 3.81. The zero-order chi connectivity index (χ0) is 18.4. The zero-order valence-electron chi connectivity index (χ0n) is 13.9. The molecule has 0 aliphatic rings. The van der Waals surface area contributed by atoms with Crippen LogP contribution in [0.3, 0.4) is 0 Å². The highest BCUT2D eigenvalue weighted by Crippen LogP contribution is 2.22. The van der Waals surface area contributed by atoms with E-state index in [1.165, 1.54) is 4.90 Å². The van der Waals surface area contributed by atoms with Gasteiger partial charge in [-0.2, -0.15) is 0 Å². The first kappa shape index (κ1) is 17.7. The van der Waals surface area contributed by atoms with Crippen molar-refractivity contribution in [1.29, 1.82) is 0 Å². The van der Waals surface area contributed by atoms with E-state index in [1.807, 2.05) is 48.5 Å². The van der Waals surface area contributed by atoms with E-state index in [1.54, 1.807) is 36.4 Å². The third kappa shape index (κ3) is 4.29. The molecule has 3 aromatic rings. The van der Waals surface area contributed by atoms with E-state index in [4.69, 9.17) is 11.6 Å². The lowest BCUT2D eigenvalue weighted by Gasteiger charge is -2.22. The lowest BCUT2D eigenvalue weighted by atomic mass is 10.2. The number of rotatable bonds is 4. The average molecular weight is 365 g/mol. The number of carbonyl (C=O) groups is 2. The number of hydrogen-bond donors (Lipinski definition) is 1. The van der Waals surface area contributed by atoms with E-state index >= 15 is 0 Å². The minimum Gasteiger partial charge on any atom is -0.316 e. The fourth-order valence-electron chi connectivity index (χ4n) is 2.52. The van der Waals surface area contributed by atoms with Crippen LogP contribution >= 0.6 is 11.6 Å². The molecule has 3 aromatic carbocycles. The molecule has 5 heteroatoms. The molecule has 0 spiro atoms. The van der Waals surface area contributed by atoms with E-state index in [-0.39, 0.29) is 0 Å². The molecule has 1 N–H and O–H groups in total. The molecule has 0 aromatic heterocycles. The van der Waals surface area contributed by atoms with Crippen LogP contribution in [0.5, 0.6) is 0 Å². The monoisotopic (exact) mass is 364 g/mol. The summed E-state index contributed by atoms with van der Waals surface area (Å²) in [5.41, 5.74) is 1.98. The minimum absolute atomic E-state index is 0.291. The van der Waals surface area contributed by atoms with Crippen LogP contribution in [0, 0.1) is 0 Å². The summed E-state index contributed by atoms with van der Waals surface area (Å²) < 4.78 is 0. The average Bonchev–Trinajstić information content (AvgIpc) is 2.69. The molecular formula is C21H17ClN2O2. The second-order valence-electron chi connectivity index (χ2n) is 5.65. The van der Waals surface area contributed by atoms with Gasteiger partial charge >= 0.3 is 11.8 Å². The minimum atomic E-state index is -0.738. The van der Waals surface area contributed by atoms with Gasteiger partial charge in [0.25, 0.3) is 0 Å². The fraction of sp³-hybridized carbons (Fsp3) is 0.0476. The Balaban J connectivity index is 1.85. The number of carbonyl (C=O) groups excluding carboxylic acids is 2. The van der Waals surface area contributed by atoms with Gasteiger partial charge in [0.2, 0.25) is 0 Å². The van der Waals surface area contributed by atoms with Gasteiger partial charge in [0.15, 0.2) is 0 Å². The number of para-hydroxylation sites is 2. The summed E-state index contributed by atoms with van der Waals surface area (Å²) in [7, 11) is 0. The van der Waals surface area contributed by atoms with Crippen molar-refractivity contribution in [2.45, 2.75) is 6.54 Å². The van der Waals surface area contributed by atoms with Gasteiger partial charge in [-0.25, -0.2) is 0 Å². The van der Waals surface area contributed by atoms with Crippen LogP contribution < -0.4 is 10.2 Å². The number of nitrogens with one attached hydrogen (secondary N) is 1. The van der Waals surface area contributed by atoms with Gasteiger partial charge in [-0.15, -0.1) is 0 Å². The molecule has 0 saturated heterocycles. The van der Waals surface area contributed by atoms with Crippen molar-refractivity contribution in [3.8, 4) is 0 Å². The van der Waals surface area contributed by atoms with Crippen LogP contribution in [-0.2, 0) is 16.1 Å². The van der Waals surface area contributed by atoms with Crippen LogP contribution in [0.2, 0.25) is 5.02 Å². The fourth-order valence-corrected chi connectivity index (χ4v) is 2.70. The van der Waals surface area contributed by atoms with E-state index in [0.717, 1.165) is 5.56 Å². The number of halogens is 1. The Kier molecular flexibility index (Phi) is 5.66. The molecule has 0 bridgehead atoms.